The van der Waals surface area contributed by atoms with Crippen LogP contribution in [0.5, 0.6) is 5.75 Å². The minimum atomic E-state index is -5.71. The fraction of sp³-hybridized carbons (Fsp3) is 0.286. The molecule has 0 spiro atoms. The molecule has 0 radical (unpaired) electrons. The number of anilines is 1. The zero-order valence-electron chi connectivity index (χ0n) is 17.0. The van der Waals surface area contributed by atoms with E-state index in [9.17, 15) is 18.1 Å². The highest BCUT2D eigenvalue weighted by atomic mass is 79.9. The molecule has 7 nitrogen and oxygen atoms in total. The summed E-state index contributed by atoms with van der Waals surface area (Å²) in [5, 5.41) is 2.98. The number of carbonyl (C=O) groups is 1. The van der Waals surface area contributed by atoms with E-state index in [0.29, 0.717) is 34.1 Å². The lowest BCUT2D eigenvalue weighted by molar-refractivity contribution is 0.0595. The van der Waals surface area contributed by atoms with Gasteiger partial charge in [0.1, 0.15) is 17.2 Å². The molecule has 1 aliphatic heterocycles. The number of halogens is 3. The van der Waals surface area contributed by atoms with Crippen molar-refractivity contribution in [1.82, 2.24) is 0 Å². The van der Waals surface area contributed by atoms with E-state index < -0.39 is 24.0 Å². The number of fused-ring (bicyclic) bond motifs is 1. The number of ether oxygens (including phenoxy) is 2. The first-order valence-electron chi connectivity index (χ1n) is 9.88. The molecule has 0 bridgehead atoms. The highest BCUT2D eigenvalue weighted by molar-refractivity contribution is 9.10. The van der Waals surface area contributed by atoms with Gasteiger partial charge >= 0.3 is 13.3 Å². The van der Waals surface area contributed by atoms with Gasteiger partial charge in [-0.25, -0.2) is 0 Å². The van der Waals surface area contributed by atoms with Crippen molar-refractivity contribution in [1.29, 1.82) is 0 Å². The Hall–Kier alpha value is -1.88. The van der Waals surface area contributed by atoms with Gasteiger partial charge in [-0.05, 0) is 71.2 Å². The van der Waals surface area contributed by atoms with Crippen molar-refractivity contribution in [2.24, 2.45) is 0 Å². The second-order valence-electron chi connectivity index (χ2n) is 7.47. The molecule has 2 aromatic carbocycles. The van der Waals surface area contributed by atoms with Crippen molar-refractivity contribution in [2.45, 2.75) is 24.6 Å². The van der Waals surface area contributed by atoms with Crippen LogP contribution in [0.25, 0.3) is 10.1 Å². The van der Waals surface area contributed by atoms with E-state index in [4.69, 9.17) is 19.3 Å². The molecule has 1 aliphatic rings. The highest BCUT2D eigenvalue weighted by Crippen LogP contribution is 2.62. The minimum Gasteiger partial charge on any atom is -0.491 e. The van der Waals surface area contributed by atoms with Crippen molar-refractivity contribution in [3.63, 3.8) is 0 Å². The Morgan fingerprint density at radius 3 is 2.64 bits per heavy atom. The van der Waals surface area contributed by atoms with Gasteiger partial charge in [0, 0.05) is 32.4 Å². The van der Waals surface area contributed by atoms with E-state index in [1.807, 2.05) is 0 Å². The van der Waals surface area contributed by atoms with Gasteiger partial charge in [0.25, 0.3) is 5.91 Å². The monoisotopic (exact) mass is 561 g/mol. The van der Waals surface area contributed by atoms with Gasteiger partial charge in [-0.3, -0.25) is 9.36 Å². The molecule has 3 aromatic rings. The Morgan fingerprint density at radius 1 is 1.27 bits per heavy atom. The van der Waals surface area contributed by atoms with Gasteiger partial charge in [0.15, 0.2) is 0 Å². The molecule has 1 atom stereocenters. The number of alkyl halides is 2. The number of nitrogens with one attached hydrogen (secondary N) is 1. The second-order valence-corrected chi connectivity index (χ2v) is 11.0. The van der Waals surface area contributed by atoms with Gasteiger partial charge in [0.05, 0.1) is 6.10 Å². The van der Waals surface area contributed by atoms with Crippen LogP contribution in [-0.4, -0.2) is 35.0 Å². The zero-order valence-corrected chi connectivity index (χ0v) is 20.3. The average Bonchev–Trinajstić information content (AvgIpc) is 3.40. The van der Waals surface area contributed by atoms with Crippen LogP contribution in [0.3, 0.4) is 0 Å². The smallest absolute Gasteiger partial charge is 0.400 e. The number of amides is 1. The number of thiophene rings is 1. The molecule has 1 aromatic heterocycles. The molecule has 1 unspecified atom stereocenters. The molecule has 2 heterocycles. The lowest BCUT2D eigenvalue weighted by Gasteiger charge is -2.16. The topological polar surface area (TPSA) is 105 Å². The van der Waals surface area contributed by atoms with E-state index in [-0.39, 0.29) is 21.5 Å². The standard InChI is InChI=1S/C21H19BrF2NO6PS/c22-18-16-10-12(3-8-17(16)33-19(18)21(23,24)32(27,28)29)20(26)25-13-4-6-14(7-5-13)31-11-15-2-1-9-30-15/h3-8,10,15H,1-2,9,11H2,(H,25,26)(H2,27,28,29). The van der Waals surface area contributed by atoms with Gasteiger partial charge in [0.2, 0.25) is 0 Å². The number of hydrogen-bond acceptors (Lipinski definition) is 5. The first-order chi connectivity index (χ1) is 15.6. The number of benzene rings is 2. The van der Waals surface area contributed by atoms with E-state index in [1.54, 1.807) is 24.3 Å². The van der Waals surface area contributed by atoms with E-state index in [0.717, 1.165) is 19.4 Å². The summed E-state index contributed by atoms with van der Waals surface area (Å²) in [6, 6.07) is 11.1. The number of rotatable bonds is 7. The van der Waals surface area contributed by atoms with Crippen molar-refractivity contribution in [3.8, 4) is 5.75 Å². The number of carbonyl (C=O) groups excluding carboxylic acids is 1. The molecule has 3 N–H and O–H groups in total. The predicted molar refractivity (Wildman–Crippen MR) is 124 cm³/mol. The predicted octanol–water partition coefficient (Wildman–Crippen LogP) is 5.70. The molecule has 33 heavy (non-hydrogen) atoms. The summed E-state index contributed by atoms with van der Waals surface area (Å²) < 4.78 is 51.1. The Kier molecular flexibility index (Phi) is 6.91. The van der Waals surface area contributed by atoms with Gasteiger partial charge in [-0.2, -0.15) is 8.78 Å². The van der Waals surface area contributed by atoms with Crippen LogP contribution < -0.4 is 10.1 Å². The first kappa shape index (κ1) is 24.3. The van der Waals surface area contributed by atoms with Gasteiger partial charge < -0.3 is 24.6 Å². The normalized spacial score (nSPS) is 16.8. The molecule has 1 fully saturated rings. The van der Waals surface area contributed by atoms with Crippen LogP contribution in [0.15, 0.2) is 46.9 Å². The van der Waals surface area contributed by atoms with E-state index in [2.05, 4.69) is 21.2 Å². The minimum absolute atomic E-state index is 0.0953. The molecule has 4 rings (SSSR count). The van der Waals surface area contributed by atoms with Crippen molar-refractivity contribution in [3.05, 3.63) is 57.4 Å². The van der Waals surface area contributed by atoms with E-state index in [1.165, 1.54) is 18.2 Å². The van der Waals surface area contributed by atoms with E-state index >= 15 is 0 Å². The fourth-order valence-electron chi connectivity index (χ4n) is 3.34. The number of hydrogen-bond donors (Lipinski definition) is 3. The maximum absolute atomic E-state index is 14.2. The quantitative estimate of drug-likeness (QED) is 0.319. The van der Waals surface area contributed by atoms with Crippen LogP contribution in [-0.2, 0) is 15.0 Å². The fourth-order valence-corrected chi connectivity index (χ4v) is 6.26. The molecule has 176 valence electrons. The van der Waals surface area contributed by atoms with Crippen LogP contribution in [0.2, 0.25) is 0 Å². The summed E-state index contributed by atoms with van der Waals surface area (Å²) in [7, 11) is -5.71. The van der Waals surface area contributed by atoms with Crippen LogP contribution in [0.1, 0.15) is 28.1 Å². The third-order valence-corrected chi connectivity index (χ3v) is 8.53. The average molecular weight is 562 g/mol. The molecular formula is C21H19BrF2NO6PS. The summed E-state index contributed by atoms with van der Waals surface area (Å²) >= 11 is 3.56. The van der Waals surface area contributed by atoms with Gasteiger partial charge in [-0.15, -0.1) is 11.3 Å². The summed E-state index contributed by atoms with van der Waals surface area (Å²) in [6.07, 6.45) is 2.09. The Labute approximate surface area is 200 Å². The third kappa shape index (κ3) is 5.13. The molecule has 0 aliphatic carbocycles. The summed E-state index contributed by atoms with van der Waals surface area (Å²) in [5.41, 5.74) is -3.63. The molecule has 1 amide bonds. The Balaban J connectivity index is 1.48. The molecule has 12 heteroatoms. The zero-order chi connectivity index (χ0) is 23.8. The van der Waals surface area contributed by atoms with Crippen molar-refractivity contribution < 1.29 is 37.4 Å². The SMILES string of the molecule is O=C(Nc1ccc(OCC2CCCO2)cc1)c1ccc2sc(C(F)(F)P(=O)(O)O)c(Br)c2c1. The Bertz CT molecular complexity index is 1220. The largest absolute Gasteiger partial charge is 0.491 e. The maximum atomic E-state index is 14.2. The van der Waals surface area contributed by atoms with Crippen LogP contribution in [0.4, 0.5) is 14.5 Å². The van der Waals surface area contributed by atoms with Crippen LogP contribution in [0, 0.1) is 0 Å². The highest BCUT2D eigenvalue weighted by Gasteiger charge is 2.53. The maximum Gasteiger partial charge on any atom is 0.400 e. The summed E-state index contributed by atoms with van der Waals surface area (Å²) in [6.45, 7) is 1.21. The second kappa shape index (κ2) is 9.40. The lowest BCUT2D eigenvalue weighted by atomic mass is 10.1. The Morgan fingerprint density at radius 2 is 2.00 bits per heavy atom. The van der Waals surface area contributed by atoms with Crippen LogP contribution >= 0.6 is 34.9 Å². The summed E-state index contributed by atoms with van der Waals surface area (Å²) in [4.78, 5) is 29.9. The van der Waals surface area contributed by atoms with Gasteiger partial charge in [-0.1, -0.05) is 0 Å². The first-order valence-corrected chi connectivity index (χ1v) is 13.1. The molecular weight excluding hydrogens is 543 g/mol. The molecule has 1 saturated heterocycles. The summed E-state index contributed by atoms with van der Waals surface area (Å²) in [5.74, 6) is 0.178. The van der Waals surface area contributed by atoms with Crippen molar-refractivity contribution in [2.75, 3.05) is 18.5 Å². The van der Waals surface area contributed by atoms with Crippen molar-refractivity contribution >= 4 is 56.5 Å². The third-order valence-electron chi connectivity index (χ3n) is 5.10. The lowest BCUT2D eigenvalue weighted by Crippen LogP contribution is -2.16. The molecule has 0 saturated carbocycles.